The van der Waals surface area contributed by atoms with Crippen molar-refractivity contribution in [3.63, 3.8) is 0 Å². The number of aromatic nitrogens is 3. The van der Waals surface area contributed by atoms with Crippen molar-refractivity contribution in [3.8, 4) is 28.8 Å². The van der Waals surface area contributed by atoms with Crippen molar-refractivity contribution in [2.75, 3.05) is 44.8 Å². The number of rotatable bonds is 9. The Bertz CT molecular complexity index is 1270. The molecule has 0 aliphatic carbocycles. The maximum Gasteiger partial charge on any atom is 0.320 e. The zero-order chi connectivity index (χ0) is 25.2. The topological polar surface area (TPSA) is 132 Å². The Balaban J connectivity index is 1.69. The number of sulfonamides is 1. The number of ether oxygens (including phenoxy) is 2. The third-order valence-corrected chi connectivity index (χ3v) is 7.08. The molecule has 1 saturated heterocycles. The molecule has 2 aromatic heterocycles. The van der Waals surface area contributed by atoms with Crippen LogP contribution in [0.15, 0.2) is 41.0 Å². The molecule has 1 fully saturated rings. The van der Waals surface area contributed by atoms with E-state index in [4.69, 9.17) is 13.9 Å². The van der Waals surface area contributed by atoms with Gasteiger partial charge in [0, 0.05) is 26.2 Å². The molecule has 35 heavy (non-hydrogen) atoms. The van der Waals surface area contributed by atoms with E-state index in [-0.39, 0.29) is 36.1 Å². The number of carbonyl (C=O) groups is 1. The Morgan fingerprint density at radius 1 is 1.14 bits per heavy atom. The summed E-state index contributed by atoms with van der Waals surface area (Å²) >= 11 is 0. The number of para-hydroxylation sites is 1. The van der Waals surface area contributed by atoms with Gasteiger partial charge in [-0.1, -0.05) is 6.07 Å². The Morgan fingerprint density at radius 3 is 2.49 bits per heavy atom. The summed E-state index contributed by atoms with van der Waals surface area (Å²) in [6, 6.07) is 8.29. The van der Waals surface area contributed by atoms with Gasteiger partial charge < -0.3 is 23.7 Å². The Labute approximate surface area is 203 Å². The first kappa shape index (κ1) is 24.4. The van der Waals surface area contributed by atoms with Crippen LogP contribution in [0.3, 0.4) is 0 Å². The summed E-state index contributed by atoms with van der Waals surface area (Å²) in [7, 11) is 0.766. The molecule has 1 aliphatic heterocycles. The van der Waals surface area contributed by atoms with Gasteiger partial charge in [0.05, 0.1) is 26.2 Å². The van der Waals surface area contributed by atoms with Crippen LogP contribution in [0.2, 0.25) is 0 Å². The molecular formula is C22H28N6O6S. The van der Waals surface area contributed by atoms with E-state index in [1.165, 1.54) is 25.0 Å². The average Bonchev–Trinajstić information content (AvgIpc) is 3.50. The highest BCUT2D eigenvalue weighted by Crippen LogP contribution is 2.37. The number of nitrogens with zero attached hydrogens (tertiary/aromatic N) is 5. The summed E-state index contributed by atoms with van der Waals surface area (Å²) in [5.41, 5.74) is 0.396. The van der Waals surface area contributed by atoms with Gasteiger partial charge in [0.2, 0.25) is 21.8 Å². The van der Waals surface area contributed by atoms with Crippen LogP contribution in [0.4, 0.5) is 10.7 Å². The van der Waals surface area contributed by atoms with E-state index in [1.807, 2.05) is 6.92 Å². The van der Waals surface area contributed by atoms with Crippen LogP contribution in [0.5, 0.6) is 11.5 Å². The van der Waals surface area contributed by atoms with Crippen LogP contribution in [0.25, 0.3) is 17.3 Å². The number of benzene rings is 1. The SMILES string of the molecule is COc1cccc(OC)c1-n1c(NS(=O)(=O)CCN2C(=O)N(C)CC[C@H]2C)nnc1-c1ccco1. The van der Waals surface area contributed by atoms with Gasteiger partial charge in [-0.05, 0) is 37.6 Å². The van der Waals surface area contributed by atoms with Crippen LogP contribution in [0, 0.1) is 0 Å². The highest BCUT2D eigenvalue weighted by Gasteiger charge is 2.31. The maximum absolute atomic E-state index is 13.1. The molecule has 0 spiro atoms. The van der Waals surface area contributed by atoms with E-state index < -0.39 is 10.0 Å². The van der Waals surface area contributed by atoms with Crippen LogP contribution in [-0.4, -0.2) is 85.2 Å². The van der Waals surface area contributed by atoms with Gasteiger partial charge in [-0.15, -0.1) is 10.2 Å². The fraction of sp³-hybridized carbons (Fsp3) is 0.409. The monoisotopic (exact) mass is 504 g/mol. The minimum absolute atomic E-state index is 0.0385. The molecular weight excluding hydrogens is 476 g/mol. The Hall–Kier alpha value is -3.74. The normalized spacial score (nSPS) is 16.5. The first-order valence-electron chi connectivity index (χ1n) is 11.0. The Morgan fingerprint density at radius 2 is 1.86 bits per heavy atom. The molecule has 3 heterocycles. The fourth-order valence-corrected chi connectivity index (χ4v) is 4.89. The Kier molecular flexibility index (Phi) is 6.87. The molecule has 1 aromatic carbocycles. The number of hydrogen-bond acceptors (Lipinski definition) is 8. The lowest BCUT2D eigenvalue weighted by Crippen LogP contribution is -2.53. The van der Waals surface area contributed by atoms with E-state index in [2.05, 4.69) is 14.9 Å². The number of anilines is 1. The van der Waals surface area contributed by atoms with Gasteiger partial charge in [0.25, 0.3) is 0 Å². The number of nitrogens with one attached hydrogen (secondary N) is 1. The summed E-state index contributed by atoms with van der Waals surface area (Å²) in [5, 5.41) is 8.25. The second-order valence-electron chi connectivity index (χ2n) is 8.13. The number of hydrogen-bond donors (Lipinski definition) is 1. The molecule has 2 amide bonds. The number of methoxy groups -OCH3 is 2. The number of furan rings is 1. The summed E-state index contributed by atoms with van der Waals surface area (Å²) in [4.78, 5) is 15.6. The van der Waals surface area contributed by atoms with Crippen molar-refractivity contribution in [2.45, 2.75) is 19.4 Å². The van der Waals surface area contributed by atoms with E-state index in [9.17, 15) is 13.2 Å². The molecule has 4 rings (SSSR count). The van der Waals surface area contributed by atoms with E-state index in [0.29, 0.717) is 29.5 Å². The van der Waals surface area contributed by atoms with E-state index in [1.54, 1.807) is 47.2 Å². The minimum Gasteiger partial charge on any atom is -0.494 e. The van der Waals surface area contributed by atoms with Gasteiger partial charge in [-0.2, -0.15) is 0 Å². The van der Waals surface area contributed by atoms with Crippen LogP contribution < -0.4 is 14.2 Å². The predicted molar refractivity (Wildman–Crippen MR) is 128 cm³/mol. The molecule has 12 nitrogen and oxygen atoms in total. The van der Waals surface area contributed by atoms with Gasteiger partial charge in [0.15, 0.2) is 5.76 Å². The highest BCUT2D eigenvalue weighted by atomic mass is 32.2. The van der Waals surface area contributed by atoms with Crippen LogP contribution in [-0.2, 0) is 10.0 Å². The molecule has 0 radical (unpaired) electrons. The molecule has 1 atom stereocenters. The third kappa shape index (κ3) is 4.90. The number of amides is 2. The van der Waals surface area contributed by atoms with Crippen LogP contribution in [0.1, 0.15) is 13.3 Å². The second-order valence-corrected chi connectivity index (χ2v) is 9.97. The lowest BCUT2D eigenvalue weighted by Gasteiger charge is -2.38. The van der Waals surface area contributed by atoms with Gasteiger partial charge in [-0.3, -0.25) is 9.29 Å². The first-order valence-corrected chi connectivity index (χ1v) is 12.6. The standard InChI is InChI=1S/C22H28N6O6S/c1-15-10-11-26(2)22(29)27(15)12-14-35(30,31)25-21-24-23-20(18-9-6-13-34-18)28(21)19-16(32-3)7-5-8-17(19)33-4/h5-9,13,15H,10-12,14H2,1-4H3,(H,24,25)/t15-/m1/s1. The molecule has 13 heteroatoms. The third-order valence-electron chi connectivity index (χ3n) is 5.86. The largest absolute Gasteiger partial charge is 0.494 e. The molecule has 188 valence electrons. The second kappa shape index (κ2) is 9.86. The predicted octanol–water partition coefficient (Wildman–Crippen LogP) is 2.43. The van der Waals surface area contributed by atoms with Crippen molar-refractivity contribution in [1.29, 1.82) is 0 Å². The van der Waals surface area contributed by atoms with Gasteiger partial charge in [0.1, 0.15) is 17.2 Å². The van der Waals surface area contributed by atoms with Crippen LogP contribution >= 0.6 is 0 Å². The molecule has 0 saturated carbocycles. The van der Waals surface area contributed by atoms with Crippen molar-refractivity contribution in [3.05, 3.63) is 36.6 Å². The van der Waals surface area contributed by atoms with Gasteiger partial charge in [-0.25, -0.2) is 13.2 Å². The fourth-order valence-electron chi connectivity index (χ4n) is 3.94. The zero-order valence-corrected chi connectivity index (χ0v) is 20.8. The molecule has 3 aromatic rings. The summed E-state index contributed by atoms with van der Waals surface area (Å²) < 4.78 is 46.7. The summed E-state index contributed by atoms with van der Waals surface area (Å²) in [5.74, 6) is 1.04. The summed E-state index contributed by atoms with van der Waals surface area (Å²) in [6.45, 7) is 2.59. The molecule has 0 unspecified atom stereocenters. The zero-order valence-electron chi connectivity index (χ0n) is 20.0. The van der Waals surface area contributed by atoms with Crippen molar-refractivity contribution >= 4 is 22.0 Å². The minimum atomic E-state index is -3.92. The molecule has 1 aliphatic rings. The van der Waals surface area contributed by atoms with E-state index >= 15 is 0 Å². The van der Waals surface area contributed by atoms with Gasteiger partial charge >= 0.3 is 6.03 Å². The van der Waals surface area contributed by atoms with Crippen molar-refractivity contribution in [2.24, 2.45) is 0 Å². The highest BCUT2D eigenvalue weighted by molar-refractivity contribution is 7.92. The lowest BCUT2D eigenvalue weighted by molar-refractivity contribution is 0.118. The lowest BCUT2D eigenvalue weighted by atomic mass is 10.1. The smallest absolute Gasteiger partial charge is 0.320 e. The number of carbonyl (C=O) groups excluding carboxylic acids is 1. The average molecular weight is 505 g/mol. The molecule has 1 N–H and O–H groups in total. The molecule has 0 bridgehead atoms. The first-order chi connectivity index (χ1) is 16.8. The quantitative estimate of drug-likeness (QED) is 0.470. The number of urea groups is 1. The maximum atomic E-state index is 13.1. The van der Waals surface area contributed by atoms with Crippen molar-refractivity contribution < 1.29 is 27.1 Å². The van der Waals surface area contributed by atoms with E-state index in [0.717, 1.165) is 6.42 Å². The summed E-state index contributed by atoms with van der Waals surface area (Å²) in [6.07, 6.45) is 2.25. The van der Waals surface area contributed by atoms with Crippen molar-refractivity contribution in [1.82, 2.24) is 24.6 Å².